The van der Waals surface area contributed by atoms with Crippen molar-refractivity contribution in [2.24, 2.45) is 5.73 Å². The second-order valence-corrected chi connectivity index (χ2v) is 6.04. The van der Waals surface area contributed by atoms with Crippen molar-refractivity contribution in [3.63, 3.8) is 0 Å². The van der Waals surface area contributed by atoms with Crippen molar-refractivity contribution < 1.29 is 4.39 Å². The molecule has 0 saturated carbocycles. The summed E-state index contributed by atoms with van der Waals surface area (Å²) in [4.78, 5) is 1.19. The molecule has 2 rings (SSSR count). The van der Waals surface area contributed by atoms with Crippen LogP contribution in [0.15, 0.2) is 28.1 Å². The number of benzene rings is 1. The zero-order chi connectivity index (χ0) is 11.7. The lowest BCUT2D eigenvalue weighted by Gasteiger charge is -2.04. The van der Waals surface area contributed by atoms with Crippen LogP contribution in [0, 0.1) is 12.7 Å². The Morgan fingerprint density at radius 3 is 2.50 bits per heavy atom. The molecular formula is C12H11BrFNS. The van der Waals surface area contributed by atoms with Crippen molar-refractivity contribution in [2.45, 2.75) is 13.5 Å². The number of hydrogen-bond donors (Lipinski definition) is 1. The smallest absolute Gasteiger partial charge is 0.123 e. The fraction of sp³-hybridized carbons (Fsp3) is 0.167. The van der Waals surface area contributed by atoms with Gasteiger partial charge in [0.1, 0.15) is 5.82 Å². The first-order valence-corrected chi connectivity index (χ1v) is 6.48. The molecule has 2 aromatic rings. The molecule has 0 radical (unpaired) electrons. The van der Waals surface area contributed by atoms with Crippen LogP contribution in [0.4, 0.5) is 4.39 Å². The number of aryl methyl sites for hydroxylation is 1. The van der Waals surface area contributed by atoms with Crippen LogP contribution in [0.25, 0.3) is 11.1 Å². The average Bonchev–Trinajstić information content (AvgIpc) is 2.54. The number of thiophene rings is 1. The van der Waals surface area contributed by atoms with E-state index in [1.54, 1.807) is 23.5 Å². The SMILES string of the molecule is Cc1sc(Br)c(CN)c1-c1ccc(F)cc1. The molecule has 0 aliphatic heterocycles. The Hall–Kier alpha value is -0.710. The highest BCUT2D eigenvalue weighted by atomic mass is 79.9. The van der Waals surface area contributed by atoms with Gasteiger partial charge in [-0.15, -0.1) is 11.3 Å². The maximum atomic E-state index is 12.9. The van der Waals surface area contributed by atoms with Crippen molar-refractivity contribution in [1.82, 2.24) is 0 Å². The van der Waals surface area contributed by atoms with Gasteiger partial charge in [-0.25, -0.2) is 4.39 Å². The minimum atomic E-state index is -0.218. The number of halogens is 2. The van der Waals surface area contributed by atoms with Gasteiger partial charge in [0.25, 0.3) is 0 Å². The normalized spacial score (nSPS) is 10.8. The third kappa shape index (κ3) is 2.05. The summed E-state index contributed by atoms with van der Waals surface area (Å²) < 4.78 is 13.9. The summed E-state index contributed by atoms with van der Waals surface area (Å²) >= 11 is 5.17. The predicted octanol–water partition coefficient (Wildman–Crippen LogP) is 4.08. The van der Waals surface area contributed by atoms with Gasteiger partial charge >= 0.3 is 0 Å². The second-order valence-electron chi connectivity index (χ2n) is 3.50. The summed E-state index contributed by atoms with van der Waals surface area (Å²) in [6.45, 7) is 2.53. The van der Waals surface area contributed by atoms with E-state index in [1.165, 1.54) is 17.0 Å². The van der Waals surface area contributed by atoms with Crippen LogP contribution in [-0.4, -0.2) is 0 Å². The fourth-order valence-corrected chi connectivity index (χ4v) is 3.74. The predicted molar refractivity (Wildman–Crippen MR) is 70.0 cm³/mol. The van der Waals surface area contributed by atoms with E-state index in [4.69, 9.17) is 5.73 Å². The zero-order valence-corrected chi connectivity index (χ0v) is 11.2. The van der Waals surface area contributed by atoms with Crippen molar-refractivity contribution in [1.29, 1.82) is 0 Å². The standard InChI is InChI=1S/C12H11BrFNS/c1-7-11(10(6-15)12(13)16-7)8-2-4-9(14)5-3-8/h2-5H,6,15H2,1H3. The van der Waals surface area contributed by atoms with Gasteiger partial charge in [0.05, 0.1) is 3.79 Å². The van der Waals surface area contributed by atoms with Gasteiger partial charge in [0.15, 0.2) is 0 Å². The van der Waals surface area contributed by atoms with Crippen LogP contribution < -0.4 is 5.73 Å². The summed E-state index contributed by atoms with van der Waals surface area (Å²) in [5.74, 6) is -0.218. The van der Waals surface area contributed by atoms with E-state index in [-0.39, 0.29) is 5.82 Å². The van der Waals surface area contributed by atoms with E-state index in [0.29, 0.717) is 6.54 Å². The molecule has 0 aliphatic rings. The van der Waals surface area contributed by atoms with Gasteiger partial charge in [-0.1, -0.05) is 12.1 Å². The van der Waals surface area contributed by atoms with Crippen LogP contribution in [0.3, 0.4) is 0 Å². The first-order chi connectivity index (χ1) is 7.63. The van der Waals surface area contributed by atoms with E-state index in [2.05, 4.69) is 15.9 Å². The molecule has 1 aromatic heterocycles. The molecule has 1 aromatic carbocycles. The van der Waals surface area contributed by atoms with Crippen molar-refractivity contribution in [2.75, 3.05) is 0 Å². The molecule has 0 bridgehead atoms. The topological polar surface area (TPSA) is 26.0 Å². The monoisotopic (exact) mass is 299 g/mol. The molecule has 2 N–H and O–H groups in total. The second kappa shape index (κ2) is 4.65. The first kappa shape index (κ1) is 11.8. The maximum Gasteiger partial charge on any atom is 0.123 e. The minimum absolute atomic E-state index is 0.218. The average molecular weight is 300 g/mol. The molecule has 16 heavy (non-hydrogen) atoms. The van der Waals surface area contributed by atoms with E-state index in [0.717, 1.165) is 20.5 Å². The Labute approximate surface area is 106 Å². The Bertz CT molecular complexity index is 504. The maximum absolute atomic E-state index is 12.9. The van der Waals surface area contributed by atoms with Crippen LogP contribution in [0.2, 0.25) is 0 Å². The number of nitrogens with two attached hydrogens (primary N) is 1. The molecule has 1 heterocycles. The third-order valence-corrected chi connectivity index (χ3v) is 4.37. The highest BCUT2D eigenvalue weighted by molar-refractivity contribution is 9.11. The van der Waals surface area contributed by atoms with Gasteiger partial charge in [0, 0.05) is 17.0 Å². The molecule has 0 saturated heterocycles. The molecule has 0 aliphatic carbocycles. The molecule has 0 spiro atoms. The lowest BCUT2D eigenvalue weighted by molar-refractivity contribution is 0.628. The summed E-state index contributed by atoms with van der Waals surface area (Å²) in [5.41, 5.74) is 8.97. The van der Waals surface area contributed by atoms with Crippen molar-refractivity contribution >= 4 is 27.3 Å². The number of rotatable bonds is 2. The van der Waals surface area contributed by atoms with Crippen LogP contribution >= 0.6 is 27.3 Å². The van der Waals surface area contributed by atoms with Gasteiger partial charge in [-0.2, -0.15) is 0 Å². The Morgan fingerprint density at radius 1 is 1.31 bits per heavy atom. The summed E-state index contributed by atoms with van der Waals surface area (Å²) in [7, 11) is 0. The van der Waals surface area contributed by atoms with Gasteiger partial charge in [-0.05, 0) is 46.1 Å². The summed E-state index contributed by atoms with van der Waals surface area (Å²) in [6.07, 6.45) is 0. The summed E-state index contributed by atoms with van der Waals surface area (Å²) in [6, 6.07) is 6.52. The Kier molecular flexibility index (Phi) is 3.42. The van der Waals surface area contributed by atoms with E-state index < -0.39 is 0 Å². The Balaban J connectivity index is 2.59. The van der Waals surface area contributed by atoms with Gasteiger partial charge < -0.3 is 5.73 Å². The molecule has 0 atom stereocenters. The van der Waals surface area contributed by atoms with Crippen LogP contribution in [0.1, 0.15) is 10.4 Å². The number of hydrogen-bond acceptors (Lipinski definition) is 2. The zero-order valence-electron chi connectivity index (χ0n) is 8.76. The molecule has 0 fully saturated rings. The highest BCUT2D eigenvalue weighted by Gasteiger charge is 2.14. The van der Waals surface area contributed by atoms with E-state index in [1.807, 2.05) is 6.92 Å². The quantitative estimate of drug-likeness (QED) is 0.888. The lowest BCUT2D eigenvalue weighted by Crippen LogP contribution is -1.97. The molecule has 0 amide bonds. The minimum Gasteiger partial charge on any atom is -0.326 e. The van der Waals surface area contributed by atoms with Crippen LogP contribution in [0.5, 0.6) is 0 Å². The molecule has 0 unspecified atom stereocenters. The van der Waals surface area contributed by atoms with E-state index in [9.17, 15) is 4.39 Å². The summed E-state index contributed by atoms with van der Waals surface area (Å²) in [5, 5.41) is 0. The molecule has 1 nitrogen and oxygen atoms in total. The van der Waals surface area contributed by atoms with Gasteiger partial charge in [0.2, 0.25) is 0 Å². The Morgan fingerprint density at radius 2 is 1.94 bits per heavy atom. The highest BCUT2D eigenvalue weighted by Crippen LogP contribution is 2.39. The van der Waals surface area contributed by atoms with Crippen molar-refractivity contribution in [3.8, 4) is 11.1 Å². The van der Waals surface area contributed by atoms with Crippen LogP contribution in [-0.2, 0) is 6.54 Å². The lowest BCUT2D eigenvalue weighted by atomic mass is 10.0. The largest absolute Gasteiger partial charge is 0.326 e. The third-order valence-electron chi connectivity index (χ3n) is 2.47. The fourth-order valence-electron chi connectivity index (χ4n) is 1.73. The first-order valence-electron chi connectivity index (χ1n) is 4.87. The molecule has 84 valence electrons. The molecular weight excluding hydrogens is 289 g/mol. The van der Waals surface area contributed by atoms with Crippen molar-refractivity contribution in [3.05, 3.63) is 44.3 Å². The molecule has 4 heteroatoms. The van der Waals surface area contributed by atoms with Gasteiger partial charge in [-0.3, -0.25) is 0 Å². The van der Waals surface area contributed by atoms with E-state index >= 15 is 0 Å².